The Morgan fingerprint density at radius 1 is 1.35 bits per heavy atom. The molecule has 2 rings (SSSR count). The predicted molar refractivity (Wildman–Crippen MR) is 79.4 cm³/mol. The van der Waals surface area contributed by atoms with Gasteiger partial charge in [0, 0.05) is 23.6 Å². The molecule has 2 N–H and O–H groups in total. The van der Waals surface area contributed by atoms with E-state index in [9.17, 15) is 4.79 Å². The lowest BCUT2D eigenvalue weighted by atomic mass is 10.1. The number of halogens is 1. The summed E-state index contributed by atoms with van der Waals surface area (Å²) >= 11 is 6.02. The Bertz CT molecular complexity index is 690. The van der Waals surface area contributed by atoms with Gasteiger partial charge in [0.15, 0.2) is 0 Å². The monoisotopic (exact) mass is 293 g/mol. The van der Waals surface area contributed by atoms with E-state index < -0.39 is 0 Å². The number of hydrogen-bond donors (Lipinski definition) is 1. The Labute approximate surface area is 122 Å². The Morgan fingerprint density at radius 2 is 2.05 bits per heavy atom. The third-order valence-electron chi connectivity index (χ3n) is 2.69. The van der Waals surface area contributed by atoms with Crippen LogP contribution in [0.15, 0.2) is 35.4 Å². The van der Waals surface area contributed by atoms with Gasteiger partial charge in [-0.05, 0) is 39.0 Å². The van der Waals surface area contributed by atoms with Crippen molar-refractivity contribution in [3.63, 3.8) is 0 Å². The lowest BCUT2D eigenvalue weighted by molar-refractivity contribution is 0.363. The zero-order valence-corrected chi connectivity index (χ0v) is 12.3. The number of anilines is 1. The minimum atomic E-state index is -0.358. The number of benzene rings is 1. The molecular weight excluding hydrogens is 278 g/mol. The number of nitrogen functional groups attached to an aromatic ring is 1. The summed E-state index contributed by atoms with van der Waals surface area (Å²) in [5, 5.41) is 0.331. The molecule has 0 spiro atoms. The van der Waals surface area contributed by atoms with Crippen molar-refractivity contribution in [1.82, 2.24) is 9.55 Å². The molecule has 6 heteroatoms. The van der Waals surface area contributed by atoms with Crippen LogP contribution in [0, 0.1) is 0 Å². The van der Waals surface area contributed by atoms with Gasteiger partial charge < -0.3 is 15.0 Å². The van der Waals surface area contributed by atoms with Gasteiger partial charge in [-0.2, -0.15) is 0 Å². The molecule has 0 atom stereocenters. The minimum Gasteiger partial charge on any atom is -0.433 e. The Hall–Kier alpha value is -2.01. The molecule has 0 saturated carbocycles. The second kappa shape index (κ2) is 5.17. The first-order chi connectivity index (χ1) is 9.29. The fourth-order valence-corrected chi connectivity index (χ4v) is 1.92. The summed E-state index contributed by atoms with van der Waals surface area (Å²) in [7, 11) is 0. The van der Waals surface area contributed by atoms with Gasteiger partial charge in [0.1, 0.15) is 5.75 Å². The highest BCUT2D eigenvalue weighted by Gasteiger charge is 2.18. The van der Waals surface area contributed by atoms with Crippen LogP contribution in [0.3, 0.4) is 0 Å². The average Bonchev–Trinajstić information content (AvgIpc) is 2.33. The van der Waals surface area contributed by atoms with Gasteiger partial charge in [0.25, 0.3) is 5.88 Å². The van der Waals surface area contributed by atoms with E-state index in [1.54, 1.807) is 29.0 Å². The number of rotatable bonds is 2. The Kier molecular flexibility index (Phi) is 3.72. The van der Waals surface area contributed by atoms with Crippen LogP contribution in [0.5, 0.6) is 11.6 Å². The molecule has 106 valence electrons. The maximum atomic E-state index is 12.3. The zero-order chi connectivity index (χ0) is 14.9. The average molecular weight is 294 g/mol. The van der Waals surface area contributed by atoms with E-state index in [-0.39, 0.29) is 17.0 Å². The molecule has 0 amide bonds. The van der Waals surface area contributed by atoms with Crippen molar-refractivity contribution in [3.05, 3.63) is 46.0 Å². The van der Waals surface area contributed by atoms with Gasteiger partial charge in [-0.3, -0.25) is 4.79 Å². The molecule has 2 aromatic rings. The van der Waals surface area contributed by atoms with Crippen LogP contribution in [0.4, 0.5) is 5.69 Å². The molecule has 0 aliphatic carbocycles. The number of hydrogen-bond acceptors (Lipinski definition) is 4. The highest BCUT2D eigenvalue weighted by atomic mass is 35.5. The first kappa shape index (κ1) is 14.4. The standard InChI is InChI=1S/C14H16ClN3O2/c1-14(2,3)18-7-6-17-12(13(18)19)20-11-5-4-9(16)8-10(11)15/h4-8H,16H2,1-3H3. The third-order valence-corrected chi connectivity index (χ3v) is 2.99. The molecule has 0 radical (unpaired) electrons. The highest BCUT2D eigenvalue weighted by Crippen LogP contribution is 2.29. The second-order valence-corrected chi connectivity index (χ2v) is 5.78. The molecule has 0 aliphatic rings. The summed E-state index contributed by atoms with van der Waals surface area (Å²) in [6.45, 7) is 5.77. The summed E-state index contributed by atoms with van der Waals surface area (Å²) in [6.07, 6.45) is 3.15. The van der Waals surface area contributed by atoms with Crippen molar-refractivity contribution in [2.45, 2.75) is 26.3 Å². The Balaban J connectivity index is 2.42. The third kappa shape index (κ3) is 2.93. The molecule has 20 heavy (non-hydrogen) atoms. The van der Waals surface area contributed by atoms with Crippen molar-refractivity contribution in [2.24, 2.45) is 0 Å². The van der Waals surface area contributed by atoms with Gasteiger partial charge in [-0.25, -0.2) is 4.98 Å². The molecule has 0 unspecified atom stereocenters. The highest BCUT2D eigenvalue weighted by molar-refractivity contribution is 6.32. The molecule has 1 heterocycles. The van der Waals surface area contributed by atoms with Crippen LogP contribution in [-0.2, 0) is 5.54 Å². The van der Waals surface area contributed by atoms with Crippen molar-refractivity contribution in [1.29, 1.82) is 0 Å². The maximum absolute atomic E-state index is 12.3. The number of nitrogens with zero attached hydrogens (tertiary/aromatic N) is 2. The molecule has 0 aliphatic heterocycles. The molecule has 1 aromatic heterocycles. The predicted octanol–water partition coefficient (Wildman–Crippen LogP) is 3.03. The molecule has 1 aromatic carbocycles. The largest absolute Gasteiger partial charge is 0.433 e. The molecule has 0 bridgehead atoms. The molecule has 0 saturated heterocycles. The van der Waals surface area contributed by atoms with Crippen LogP contribution >= 0.6 is 11.6 Å². The second-order valence-electron chi connectivity index (χ2n) is 5.37. The summed E-state index contributed by atoms with van der Waals surface area (Å²) in [6, 6.07) is 4.81. The van der Waals surface area contributed by atoms with Crippen molar-refractivity contribution in [3.8, 4) is 11.6 Å². The van der Waals surface area contributed by atoms with E-state index in [0.717, 1.165) is 0 Å². The maximum Gasteiger partial charge on any atom is 0.314 e. The van der Waals surface area contributed by atoms with E-state index in [1.807, 2.05) is 20.8 Å². The van der Waals surface area contributed by atoms with E-state index in [0.29, 0.717) is 16.5 Å². The van der Waals surface area contributed by atoms with E-state index in [1.165, 1.54) is 6.20 Å². The van der Waals surface area contributed by atoms with Gasteiger partial charge in [-0.1, -0.05) is 11.6 Å². The summed E-state index contributed by atoms with van der Waals surface area (Å²) < 4.78 is 7.05. The minimum absolute atomic E-state index is 0.0194. The van der Waals surface area contributed by atoms with Crippen molar-refractivity contribution < 1.29 is 4.74 Å². The van der Waals surface area contributed by atoms with Gasteiger partial charge in [0.05, 0.1) is 5.02 Å². The lowest BCUT2D eigenvalue weighted by Crippen LogP contribution is -2.34. The molecule has 0 fully saturated rings. The molecular formula is C14H16ClN3O2. The van der Waals surface area contributed by atoms with E-state index in [2.05, 4.69) is 4.98 Å². The summed E-state index contributed by atoms with van der Waals surface area (Å²) in [5.41, 5.74) is 5.46. The summed E-state index contributed by atoms with van der Waals surface area (Å²) in [5.74, 6) is 0.325. The van der Waals surface area contributed by atoms with E-state index >= 15 is 0 Å². The zero-order valence-electron chi connectivity index (χ0n) is 11.6. The topological polar surface area (TPSA) is 70.1 Å². The fourth-order valence-electron chi connectivity index (χ4n) is 1.70. The Morgan fingerprint density at radius 3 is 2.65 bits per heavy atom. The van der Waals surface area contributed by atoms with Crippen molar-refractivity contribution >= 4 is 17.3 Å². The number of aromatic nitrogens is 2. The smallest absolute Gasteiger partial charge is 0.314 e. The van der Waals surface area contributed by atoms with Crippen LogP contribution in [-0.4, -0.2) is 9.55 Å². The van der Waals surface area contributed by atoms with Crippen LogP contribution in [0.2, 0.25) is 5.02 Å². The lowest BCUT2D eigenvalue weighted by Gasteiger charge is -2.22. The van der Waals surface area contributed by atoms with Crippen LogP contribution < -0.4 is 16.0 Å². The quantitative estimate of drug-likeness (QED) is 0.864. The van der Waals surface area contributed by atoms with Crippen LogP contribution in [0.25, 0.3) is 0 Å². The van der Waals surface area contributed by atoms with Gasteiger partial charge in [0.2, 0.25) is 0 Å². The van der Waals surface area contributed by atoms with Gasteiger partial charge in [-0.15, -0.1) is 0 Å². The number of ether oxygens (including phenoxy) is 1. The number of nitrogens with two attached hydrogens (primary N) is 1. The molecule has 5 nitrogen and oxygen atoms in total. The van der Waals surface area contributed by atoms with Crippen LogP contribution in [0.1, 0.15) is 20.8 Å². The normalized spacial score (nSPS) is 11.4. The first-order valence-corrected chi connectivity index (χ1v) is 6.48. The van der Waals surface area contributed by atoms with E-state index in [4.69, 9.17) is 22.1 Å². The summed E-state index contributed by atoms with van der Waals surface area (Å²) in [4.78, 5) is 16.3. The SMILES string of the molecule is CC(C)(C)n1ccnc(Oc2ccc(N)cc2Cl)c1=O. The fraction of sp³-hybridized carbons (Fsp3) is 0.286. The first-order valence-electron chi connectivity index (χ1n) is 6.10. The van der Waals surface area contributed by atoms with Crippen molar-refractivity contribution in [2.75, 3.05) is 5.73 Å². The van der Waals surface area contributed by atoms with Gasteiger partial charge >= 0.3 is 5.56 Å².